The largest absolute Gasteiger partial charge is 0.495 e. The zero-order chi connectivity index (χ0) is 10.7. The maximum atomic E-state index is 12.3. The maximum absolute atomic E-state index is 12.3. The number of rotatable bonds is 3. The van der Waals surface area contributed by atoms with E-state index in [1.165, 1.54) is 7.11 Å². The molecule has 1 amide bonds. The Labute approximate surface area is 78.7 Å². The van der Waals surface area contributed by atoms with Gasteiger partial charge < -0.3 is 10.5 Å². The Morgan fingerprint density at radius 3 is 2.71 bits per heavy atom. The average molecular weight is 202 g/mol. The average Bonchev–Trinajstić information content (AvgIpc) is 2.16. The molecule has 1 aromatic heterocycles. The van der Waals surface area contributed by atoms with Gasteiger partial charge in [0.25, 0.3) is 12.3 Å². The topological polar surface area (TPSA) is 65.2 Å². The zero-order valence-electron chi connectivity index (χ0n) is 7.33. The minimum atomic E-state index is -2.83. The first-order valence-corrected chi connectivity index (χ1v) is 3.68. The molecule has 0 atom stereocenters. The summed E-state index contributed by atoms with van der Waals surface area (Å²) in [6.07, 6.45) is -1.73. The van der Waals surface area contributed by atoms with Gasteiger partial charge in [-0.2, -0.15) is 0 Å². The van der Waals surface area contributed by atoms with Crippen LogP contribution in [-0.4, -0.2) is 18.0 Å². The molecule has 0 bridgehead atoms. The summed E-state index contributed by atoms with van der Waals surface area (Å²) in [5.74, 6) is -0.741. The molecule has 0 aliphatic rings. The van der Waals surface area contributed by atoms with E-state index in [9.17, 15) is 13.6 Å². The summed E-state index contributed by atoms with van der Waals surface area (Å²) in [5, 5.41) is 0. The molecule has 2 N–H and O–H groups in total. The van der Waals surface area contributed by atoms with Crippen LogP contribution in [0.3, 0.4) is 0 Å². The number of pyridine rings is 1. The van der Waals surface area contributed by atoms with Crippen LogP contribution in [-0.2, 0) is 0 Å². The van der Waals surface area contributed by atoms with Crippen molar-refractivity contribution in [2.24, 2.45) is 5.73 Å². The Hall–Kier alpha value is -1.72. The molecule has 0 aliphatic carbocycles. The number of nitrogens with zero attached hydrogens (tertiary/aromatic N) is 1. The third-order valence-electron chi connectivity index (χ3n) is 1.60. The quantitative estimate of drug-likeness (QED) is 0.798. The molecule has 0 unspecified atom stereocenters. The van der Waals surface area contributed by atoms with E-state index in [0.29, 0.717) is 0 Å². The molecule has 4 nitrogen and oxygen atoms in total. The number of carbonyl (C=O) groups is 1. The second kappa shape index (κ2) is 3.99. The van der Waals surface area contributed by atoms with Crippen LogP contribution < -0.4 is 10.5 Å². The van der Waals surface area contributed by atoms with E-state index >= 15 is 0 Å². The molecule has 76 valence electrons. The molecule has 0 spiro atoms. The van der Waals surface area contributed by atoms with Gasteiger partial charge in [0.1, 0.15) is 11.4 Å². The summed E-state index contributed by atoms with van der Waals surface area (Å²) in [5.41, 5.74) is 3.96. The summed E-state index contributed by atoms with van der Waals surface area (Å²) in [7, 11) is 1.34. The van der Waals surface area contributed by atoms with E-state index in [2.05, 4.69) is 4.98 Å². The number of halogens is 2. The normalized spacial score (nSPS) is 10.3. The fourth-order valence-electron chi connectivity index (χ4n) is 0.939. The number of methoxy groups -OCH3 is 1. The Balaban J connectivity index is 3.24. The van der Waals surface area contributed by atoms with E-state index in [4.69, 9.17) is 10.5 Å². The number of alkyl halides is 2. The minimum Gasteiger partial charge on any atom is -0.495 e. The summed E-state index contributed by atoms with van der Waals surface area (Å²) >= 11 is 0. The SMILES string of the molecule is COc1cnc(C(F)F)c(C(N)=O)c1. The zero-order valence-corrected chi connectivity index (χ0v) is 7.33. The third kappa shape index (κ3) is 1.95. The first-order valence-electron chi connectivity index (χ1n) is 3.68. The van der Waals surface area contributed by atoms with Gasteiger partial charge in [0.15, 0.2) is 0 Å². The second-order valence-electron chi connectivity index (χ2n) is 2.47. The number of carbonyl (C=O) groups excluding carboxylic acids is 1. The number of nitrogens with two attached hydrogens (primary N) is 1. The van der Waals surface area contributed by atoms with E-state index in [-0.39, 0.29) is 11.3 Å². The van der Waals surface area contributed by atoms with Gasteiger partial charge in [-0.15, -0.1) is 0 Å². The lowest BCUT2D eigenvalue weighted by Crippen LogP contribution is -2.15. The highest BCUT2D eigenvalue weighted by Gasteiger charge is 2.18. The van der Waals surface area contributed by atoms with Crippen LogP contribution in [0.25, 0.3) is 0 Å². The van der Waals surface area contributed by atoms with Gasteiger partial charge in [-0.1, -0.05) is 0 Å². The van der Waals surface area contributed by atoms with Gasteiger partial charge in [0.2, 0.25) is 0 Å². The van der Waals surface area contributed by atoms with E-state index in [0.717, 1.165) is 12.3 Å². The van der Waals surface area contributed by atoms with E-state index < -0.39 is 18.0 Å². The van der Waals surface area contributed by atoms with Crippen molar-refractivity contribution in [2.45, 2.75) is 6.43 Å². The van der Waals surface area contributed by atoms with Crippen LogP contribution in [0.2, 0.25) is 0 Å². The summed E-state index contributed by atoms with van der Waals surface area (Å²) < 4.78 is 29.3. The van der Waals surface area contributed by atoms with Gasteiger partial charge in [-0.25, -0.2) is 8.78 Å². The lowest BCUT2D eigenvalue weighted by atomic mass is 10.2. The first kappa shape index (κ1) is 10.4. The van der Waals surface area contributed by atoms with Crippen molar-refractivity contribution >= 4 is 5.91 Å². The number of primary amides is 1. The summed E-state index contributed by atoms with van der Waals surface area (Å²) in [6, 6.07) is 1.14. The molecule has 0 aliphatic heterocycles. The van der Waals surface area contributed by atoms with Gasteiger partial charge in [0.05, 0.1) is 18.9 Å². The molecular formula is C8H8F2N2O2. The highest BCUT2D eigenvalue weighted by atomic mass is 19.3. The first-order chi connectivity index (χ1) is 6.56. The smallest absolute Gasteiger partial charge is 0.281 e. The third-order valence-corrected chi connectivity index (χ3v) is 1.60. The van der Waals surface area contributed by atoms with Gasteiger partial charge >= 0.3 is 0 Å². The lowest BCUT2D eigenvalue weighted by Gasteiger charge is -2.06. The molecule has 0 aromatic carbocycles. The van der Waals surface area contributed by atoms with Crippen molar-refractivity contribution in [3.63, 3.8) is 0 Å². The van der Waals surface area contributed by atoms with Crippen molar-refractivity contribution < 1.29 is 18.3 Å². The standard InChI is InChI=1S/C8H8F2N2O2/c1-14-4-2-5(8(11)13)6(7(9)10)12-3-4/h2-3,7H,1H3,(H2,11,13). The molecule has 14 heavy (non-hydrogen) atoms. The minimum absolute atomic E-state index is 0.211. The Kier molecular flexibility index (Phi) is 2.95. The van der Waals surface area contributed by atoms with Gasteiger partial charge in [-0.05, 0) is 6.07 Å². The van der Waals surface area contributed by atoms with Crippen molar-refractivity contribution in [3.05, 3.63) is 23.5 Å². The summed E-state index contributed by atoms with van der Waals surface area (Å²) in [6.45, 7) is 0. The fourth-order valence-corrected chi connectivity index (χ4v) is 0.939. The highest BCUT2D eigenvalue weighted by molar-refractivity contribution is 5.94. The van der Waals surface area contributed by atoms with Crippen LogP contribution in [0, 0.1) is 0 Å². The van der Waals surface area contributed by atoms with Crippen LogP contribution in [0.4, 0.5) is 8.78 Å². The molecule has 1 aromatic rings. The molecule has 0 saturated heterocycles. The summed E-state index contributed by atoms with van der Waals surface area (Å²) in [4.78, 5) is 14.2. The number of amides is 1. The molecule has 0 fully saturated rings. The predicted molar refractivity (Wildman–Crippen MR) is 44.3 cm³/mol. The van der Waals surface area contributed by atoms with Gasteiger partial charge in [0, 0.05) is 0 Å². The molecule has 1 rings (SSSR count). The maximum Gasteiger partial charge on any atom is 0.281 e. The molecule has 6 heteroatoms. The molecule has 0 saturated carbocycles. The molecule has 0 radical (unpaired) electrons. The van der Waals surface area contributed by atoms with Crippen molar-refractivity contribution in [1.29, 1.82) is 0 Å². The molecular weight excluding hydrogens is 194 g/mol. The number of aromatic nitrogens is 1. The Bertz CT molecular complexity index is 355. The second-order valence-corrected chi connectivity index (χ2v) is 2.47. The van der Waals surface area contributed by atoms with E-state index in [1.807, 2.05) is 0 Å². The van der Waals surface area contributed by atoms with Gasteiger partial charge in [-0.3, -0.25) is 9.78 Å². The predicted octanol–water partition coefficient (Wildman–Crippen LogP) is 1.13. The highest BCUT2D eigenvalue weighted by Crippen LogP contribution is 2.23. The van der Waals surface area contributed by atoms with Crippen molar-refractivity contribution in [2.75, 3.05) is 7.11 Å². The van der Waals surface area contributed by atoms with Crippen LogP contribution in [0.1, 0.15) is 22.5 Å². The number of ether oxygens (including phenoxy) is 1. The van der Waals surface area contributed by atoms with Crippen molar-refractivity contribution in [1.82, 2.24) is 4.98 Å². The molecule has 1 heterocycles. The number of hydrogen-bond donors (Lipinski definition) is 1. The van der Waals surface area contributed by atoms with Crippen LogP contribution in [0.15, 0.2) is 12.3 Å². The Morgan fingerprint density at radius 1 is 1.64 bits per heavy atom. The lowest BCUT2D eigenvalue weighted by molar-refractivity contribution is 0.0982. The number of hydrogen-bond acceptors (Lipinski definition) is 3. The van der Waals surface area contributed by atoms with Crippen molar-refractivity contribution in [3.8, 4) is 5.75 Å². The van der Waals surface area contributed by atoms with Crippen LogP contribution in [0.5, 0.6) is 5.75 Å². The Morgan fingerprint density at radius 2 is 2.29 bits per heavy atom. The fraction of sp³-hybridized carbons (Fsp3) is 0.250. The monoisotopic (exact) mass is 202 g/mol. The van der Waals surface area contributed by atoms with Crippen LogP contribution >= 0.6 is 0 Å². The van der Waals surface area contributed by atoms with E-state index in [1.54, 1.807) is 0 Å².